The van der Waals surface area contributed by atoms with Gasteiger partial charge in [-0.3, -0.25) is 0 Å². The molecule has 1 heterocycles. The monoisotopic (exact) mass is 205 g/mol. The Labute approximate surface area is 75.2 Å². The first-order valence-corrected chi connectivity index (χ1v) is 3.67. The first-order valence-electron chi connectivity index (χ1n) is 2.85. The van der Waals surface area contributed by atoms with E-state index in [-0.39, 0.29) is 10.3 Å². The lowest BCUT2D eigenvalue weighted by Crippen LogP contribution is -2.02. The molecule has 0 spiro atoms. The number of hydrogen-bond acceptors (Lipinski definition) is 6. The molecule has 0 aliphatic heterocycles. The van der Waals surface area contributed by atoms with E-state index < -0.39 is 12.3 Å². The summed E-state index contributed by atoms with van der Waals surface area (Å²) < 4.78 is 8.30. The summed E-state index contributed by atoms with van der Waals surface area (Å²) in [4.78, 5) is 23.4. The van der Waals surface area contributed by atoms with E-state index in [1.54, 1.807) is 0 Å². The summed E-state index contributed by atoms with van der Waals surface area (Å²) in [6.45, 7) is 0. The third-order valence-electron chi connectivity index (χ3n) is 0.826. The van der Waals surface area contributed by atoms with Crippen LogP contribution in [0.15, 0.2) is 6.20 Å². The summed E-state index contributed by atoms with van der Waals surface area (Å²) in [5.41, 5.74) is 0. The van der Waals surface area contributed by atoms with E-state index in [0.29, 0.717) is 11.3 Å². The summed E-state index contributed by atoms with van der Waals surface area (Å²) in [6, 6.07) is 0. The number of carbonyl (C=O) groups is 2. The Kier molecular flexibility index (Phi) is 2.65. The van der Waals surface area contributed by atoms with E-state index in [4.69, 9.17) is 10.2 Å². The minimum atomic E-state index is -1.52. The molecule has 0 aliphatic carbocycles. The Morgan fingerprint density at radius 3 is 2.46 bits per heavy atom. The Hall–Kier alpha value is -1.83. The number of ether oxygens (including phenoxy) is 2. The van der Waals surface area contributed by atoms with Crippen LogP contribution in [0, 0.1) is 0 Å². The summed E-state index contributed by atoms with van der Waals surface area (Å²) in [7, 11) is 0. The van der Waals surface area contributed by atoms with Gasteiger partial charge in [0.15, 0.2) is 0 Å². The summed E-state index contributed by atoms with van der Waals surface area (Å²) in [6.07, 6.45) is -1.96. The third-order valence-corrected chi connectivity index (χ3v) is 1.58. The standard InChI is InChI=1S/C5H3NO6S/c7-4(8)11-2-1-6-3(13-2)12-5(9)10/h1H,(H,7,8)(H,9,10). The molecule has 13 heavy (non-hydrogen) atoms. The molecule has 70 valence electrons. The maximum atomic E-state index is 10.00. The summed E-state index contributed by atoms with van der Waals surface area (Å²) >= 11 is 0.672. The predicted octanol–water partition coefficient (Wildman–Crippen LogP) is 1.26. The van der Waals surface area contributed by atoms with Crippen LogP contribution in [0.25, 0.3) is 0 Å². The molecule has 0 radical (unpaired) electrons. The number of rotatable bonds is 2. The van der Waals surface area contributed by atoms with Crippen molar-refractivity contribution in [2.75, 3.05) is 0 Å². The van der Waals surface area contributed by atoms with Gasteiger partial charge in [-0.05, 0) is 11.3 Å². The Morgan fingerprint density at radius 2 is 1.92 bits per heavy atom. The Bertz CT molecular complexity index is 303. The quantitative estimate of drug-likeness (QED) is 0.699. The normalized spacial score (nSPS) is 9.23. The summed E-state index contributed by atoms with van der Waals surface area (Å²) in [5.74, 6) is 0. The van der Waals surface area contributed by atoms with Gasteiger partial charge >= 0.3 is 12.3 Å². The third kappa shape index (κ3) is 2.95. The van der Waals surface area contributed by atoms with Crippen LogP contribution in [0.5, 0.6) is 10.3 Å². The highest BCUT2D eigenvalue weighted by molar-refractivity contribution is 7.15. The zero-order valence-corrected chi connectivity index (χ0v) is 6.78. The molecule has 0 aliphatic rings. The molecule has 1 aromatic rings. The average molecular weight is 205 g/mol. The van der Waals surface area contributed by atoms with E-state index in [1.807, 2.05) is 0 Å². The largest absolute Gasteiger partial charge is 0.513 e. The van der Waals surface area contributed by atoms with Crippen molar-refractivity contribution in [2.45, 2.75) is 0 Å². The number of aromatic nitrogens is 1. The van der Waals surface area contributed by atoms with E-state index in [1.165, 1.54) is 0 Å². The molecule has 0 atom stereocenters. The molecule has 8 heteroatoms. The van der Waals surface area contributed by atoms with Crippen molar-refractivity contribution in [3.63, 3.8) is 0 Å². The SMILES string of the molecule is O=C(O)Oc1cnc(OC(=O)O)s1. The molecule has 0 saturated heterocycles. The molecule has 0 bridgehead atoms. The Morgan fingerprint density at radius 1 is 1.31 bits per heavy atom. The minimum absolute atomic E-state index is 0.0521. The van der Waals surface area contributed by atoms with Gasteiger partial charge in [-0.1, -0.05) is 0 Å². The highest BCUT2D eigenvalue weighted by atomic mass is 32.1. The molecule has 0 saturated carbocycles. The molecule has 0 fully saturated rings. The van der Waals surface area contributed by atoms with Crippen molar-refractivity contribution in [3.05, 3.63) is 6.20 Å². The van der Waals surface area contributed by atoms with Gasteiger partial charge in [0.1, 0.15) is 0 Å². The van der Waals surface area contributed by atoms with Crippen LogP contribution in [-0.4, -0.2) is 27.5 Å². The van der Waals surface area contributed by atoms with Crippen LogP contribution >= 0.6 is 11.3 Å². The first kappa shape index (κ1) is 9.26. The van der Waals surface area contributed by atoms with Crippen LogP contribution in [-0.2, 0) is 0 Å². The van der Waals surface area contributed by atoms with Crippen LogP contribution in [0.2, 0.25) is 0 Å². The number of nitrogens with zero attached hydrogens (tertiary/aromatic N) is 1. The van der Waals surface area contributed by atoms with Crippen molar-refractivity contribution >= 4 is 23.6 Å². The van der Waals surface area contributed by atoms with Crippen LogP contribution < -0.4 is 9.47 Å². The van der Waals surface area contributed by atoms with Gasteiger partial charge in [-0.15, -0.1) is 0 Å². The topological polar surface area (TPSA) is 106 Å². The second-order valence-corrected chi connectivity index (χ2v) is 2.64. The lowest BCUT2D eigenvalue weighted by molar-refractivity contribution is 0.143. The lowest BCUT2D eigenvalue weighted by Gasteiger charge is -1.91. The maximum Gasteiger partial charge on any atom is 0.513 e. The number of hydrogen-bond donors (Lipinski definition) is 2. The number of carboxylic acid groups (broad SMARTS) is 2. The fourth-order valence-electron chi connectivity index (χ4n) is 0.499. The maximum absolute atomic E-state index is 10.00. The first-order chi connectivity index (χ1) is 6.08. The van der Waals surface area contributed by atoms with Gasteiger partial charge in [0.25, 0.3) is 5.19 Å². The highest BCUT2D eigenvalue weighted by Gasteiger charge is 2.09. The highest BCUT2D eigenvalue weighted by Crippen LogP contribution is 2.27. The lowest BCUT2D eigenvalue weighted by atomic mass is 10.9. The molecule has 1 aromatic heterocycles. The molecule has 7 nitrogen and oxygen atoms in total. The molecular weight excluding hydrogens is 202 g/mol. The molecule has 0 unspecified atom stereocenters. The molecule has 0 amide bonds. The molecular formula is C5H3NO6S. The van der Waals surface area contributed by atoms with E-state index in [2.05, 4.69) is 14.5 Å². The zero-order chi connectivity index (χ0) is 9.84. The molecule has 0 aromatic carbocycles. The van der Waals surface area contributed by atoms with Crippen molar-refractivity contribution in [1.82, 2.24) is 4.98 Å². The van der Waals surface area contributed by atoms with E-state index in [0.717, 1.165) is 6.20 Å². The van der Waals surface area contributed by atoms with E-state index in [9.17, 15) is 9.59 Å². The van der Waals surface area contributed by atoms with E-state index >= 15 is 0 Å². The fraction of sp³-hybridized carbons (Fsp3) is 0. The number of thiazole rings is 1. The summed E-state index contributed by atoms with van der Waals surface area (Å²) in [5, 5.41) is 16.1. The van der Waals surface area contributed by atoms with Crippen LogP contribution in [0.1, 0.15) is 0 Å². The zero-order valence-electron chi connectivity index (χ0n) is 5.96. The predicted molar refractivity (Wildman–Crippen MR) is 39.4 cm³/mol. The van der Waals surface area contributed by atoms with Crippen molar-refractivity contribution < 1.29 is 29.3 Å². The van der Waals surface area contributed by atoms with Gasteiger partial charge in [0.05, 0.1) is 6.20 Å². The van der Waals surface area contributed by atoms with Crippen LogP contribution in [0.3, 0.4) is 0 Å². The van der Waals surface area contributed by atoms with Gasteiger partial charge in [0.2, 0.25) is 5.06 Å². The van der Waals surface area contributed by atoms with Gasteiger partial charge in [-0.2, -0.15) is 0 Å². The minimum Gasteiger partial charge on any atom is -0.449 e. The smallest absolute Gasteiger partial charge is 0.449 e. The van der Waals surface area contributed by atoms with Crippen molar-refractivity contribution in [3.8, 4) is 10.3 Å². The Balaban J connectivity index is 2.63. The van der Waals surface area contributed by atoms with Crippen LogP contribution in [0.4, 0.5) is 9.59 Å². The second kappa shape index (κ2) is 3.72. The van der Waals surface area contributed by atoms with Gasteiger partial charge in [0, 0.05) is 0 Å². The van der Waals surface area contributed by atoms with Gasteiger partial charge < -0.3 is 19.7 Å². The van der Waals surface area contributed by atoms with Crippen molar-refractivity contribution in [1.29, 1.82) is 0 Å². The molecule has 2 N–H and O–H groups in total. The second-order valence-electron chi connectivity index (χ2n) is 1.68. The fourth-order valence-corrected chi connectivity index (χ4v) is 1.11. The molecule has 1 rings (SSSR count). The van der Waals surface area contributed by atoms with Crippen molar-refractivity contribution in [2.24, 2.45) is 0 Å². The average Bonchev–Trinajstić information content (AvgIpc) is 2.33. The van der Waals surface area contributed by atoms with Gasteiger partial charge in [-0.25, -0.2) is 14.6 Å².